The average Bonchev–Trinajstić information content (AvgIpc) is 3.03. The zero-order valence-electron chi connectivity index (χ0n) is 15.8. The summed E-state index contributed by atoms with van der Waals surface area (Å²) in [5.74, 6) is -0.743. The molecule has 0 radical (unpaired) electrons. The summed E-state index contributed by atoms with van der Waals surface area (Å²) < 4.78 is 6.99. The fourth-order valence-corrected chi connectivity index (χ4v) is 2.68. The predicted octanol–water partition coefficient (Wildman–Crippen LogP) is 2.94. The largest absolute Gasteiger partial charge is 0.482 e. The summed E-state index contributed by atoms with van der Waals surface area (Å²) in [6, 6.07) is 6.71. The number of carbonyl (C=O) groups is 2. The van der Waals surface area contributed by atoms with Crippen LogP contribution in [0.15, 0.2) is 30.5 Å². The molecule has 7 nitrogen and oxygen atoms in total. The quantitative estimate of drug-likeness (QED) is 0.857. The summed E-state index contributed by atoms with van der Waals surface area (Å²) in [6.07, 6.45) is 2.32. The molecule has 0 aliphatic carbocycles. The van der Waals surface area contributed by atoms with Gasteiger partial charge in [-0.3, -0.25) is 9.48 Å². The number of ether oxygens (including phenoxy) is 1. The van der Waals surface area contributed by atoms with Crippen molar-refractivity contribution < 1.29 is 19.4 Å². The van der Waals surface area contributed by atoms with E-state index in [4.69, 9.17) is 9.84 Å². The molecule has 0 atom stereocenters. The molecule has 2 aromatic rings. The maximum Gasteiger partial charge on any atom is 0.341 e. The smallest absolute Gasteiger partial charge is 0.341 e. The van der Waals surface area contributed by atoms with E-state index in [1.165, 1.54) is 0 Å². The lowest BCUT2D eigenvalue weighted by atomic mass is 10.1. The van der Waals surface area contributed by atoms with Crippen LogP contribution in [-0.2, 0) is 16.8 Å². The number of benzene rings is 1. The van der Waals surface area contributed by atoms with Crippen molar-refractivity contribution in [2.75, 3.05) is 18.6 Å². The Labute approximate surface area is 153 Å². The van der Waals surface area contributed by atoms with Gasteiger partial charge in [0.05, 0.1) is 23.0 Å². The van der Waals surface area contributed by atoms with Crippen LogP contribution in [0.4, 0.5) is 5.69 Å². The number of hydrogen-bond acceptors (Lipinski definition) is 4. The van der Waals surface area contributed by atoms with Crippen LogP contribution >= 0.6 is 0 Å². The van der Waals surface area contributed by atoms with Gasteiger partial charge in [-0.1, -0.05) is 6.92 Å². The van der Waals surface area contributed by atoms with E-state index < -0.39 is 12.6 Å². The highest BCUT2D eigenvalue weighted by atomic mass is 16.5. The van der Waals surface area contributed by atoms with Crippen LogP contribution in [0.2, 0.25) is 0 Å². The minimum Gasteiger partial charge on any atom is -0.482 e. The van der Waals surface area contributed by atoms with Crippen LogP contribution in [0.5, 0.6) is 5.75 Å². The number of hydrogen-bond donors (Lipinski definition) is 1. The van der Waals surface area contributed by atoms with Gasteiger partial charge < -0.3 is 14.7 Å². The number of aliphatic carboxylic acids is 1. The summed E-state index contributed by atoms with van der Waals surface area (Å²) in [5.41, 5.74) is 1.96. The molecule has 0 saturated carbocycles. The Balaban J connectivity index is 2.22. The molecule has 26 heavy (non-hydrogen) atoms. The maximum absolute atomic E-state index is 12.9. The molecule has 1 aromatic heterocycles. The third-order valence-electron chi connectivity index (χ3n) is 3.96. The lowest BCUT2D eigenvalue weighted by Crippen LogP contribution is -2.29. The molecule has 1 heterocycles. The van der Waals surface area contributed by atoms with Gasteiger partial charge >= 0.3 is 5.97 Å². The van der Waals surface area contributed by atoms with Crippen molar-refractivity contribution in [3.8, 4) is 5.75 Å². The highest BCUT2D eigenvalue weighted by Gasteiger charge is 2.25. The topological polar surface area (TPSA) is 84.7 Å². The van der Waals surface area contributed by atoms with Crippen molar-refractivity contribution in [3.05, 3.63) is 41.7 Å². The molecule has 0 bridgehead atoms. The molecule has 1 aromatic carbocycles. The minimum atomic E-state index is -1.04. The number of amides is 1. The molecule has 140 valence electrons. The van der Waals surface area contributed by atoms with Gasteiger partial charge in [-0.15, -0.1) is 0 Å². The molecule has 1 N–H and O–H groups in total. The summed E-state index contributed by atoms with van der Waals surface area (Å²) in [5, 5.41) is 13.0. The van der Waals surface area contributed by atoms with Gasteiger partial charge in [0, 0.05) is 12.7 Å². The summed E-state index contributed by atoms with van der Waals surface area (Å²) in [4.78, 5) is 25.0. The van der Waals surface area contributed by atoms with Gasteiger partial charge in [-0.25, -0.2) is 4.79 Å². The average molecular weight is 359 g/mol. The first kappa shape index (κ1) is 19.5. The minimum absolute atomic E-state index is 0.142. The van der Waals surface area contributed by atoms with Gasteiger partial charge in [-0.2, -0.15) is 5.10 Å². The predicted molar refractivity (Wildman–Crippen MR) is 98.9 cm³/mol. The van der Waals surface area contributed by atoms with Gasteiger partial charge in [-0.05, 0) is 51.5 Å². The molecular weight excluding hydrogens is 334 g/mol. The van der Waals surface area contributed by atoms with Crippen molar-refractivity contribution in [3.63, 3.8) is 0 Å². The van der Waals surface area contributed by atoms with E-state index >= 15 is 0 Å². The monoisotopic (exact) mass is 359 g/mol. The Morgan fingerprint density at radius 3 is 2.35 bits per heavy atom. The summed E-state index contributed by atoms with van der Waals surface area (Å²) in [7, 11) is 1.70. The van der Waals surface area contributed by atoms with Crippen LogP contribution < -0.4 is 9.64 Å². The third kappa shape index (κ3) is 4.22. The maximum atomic E-state index is 12.9. The molecular formula is C19H25N3O4. The van der Waals surface area contributed by atoms with Crippen molar-refractivity contribution in [2.45, 2.75) is 39.7 Å². The Morgan fingerprint density at radius 2 is 1.85 bits per heavy atom. The van der Waals surface area contributed by atoms with Crippen molar-refractivity contribution in [2.24, 2.45) is 0 Å². The van der Waals surface area contributed by atoms with E-state index in [1.54, 1.807) is 42.4 Å². The van der Waals surface area contributed by atoms with E-state index in [2.05, 4.69) is 5.10 Å². The Bertz CT molecular complexity index is 788. The lowest BCUT2D eigenvalue weighted by molar-refractivity contribution is -0.139. The Morgan fingerprint density at radius 1 is 1.23 bits per heavy atom. The number of carbonyl (C=O) groups excluding carboxylic acids is 1. The molecule has 0 saturated heterocycles. The molecule has 0 fully saturated rings. The number of rotatable bonds is 6. The molecule has 0 unspecified atom stereocenters. The van der Waals surface area contributed by atoms with Gasteiger partial charge in [0.2, 0.25) is 0 Å². The zero-order chi connectivity index (χ0) is 19.5. The van der Waals surface area contributed by atoms with Crippen LogP contribution in [0, 0.1) is 0 Å². The molecule has 0 aliphatic rings. The standard InChI is InChI=1S/C19H25N3O4/c1-6-16-15(11-20-22(16)19(2,3)4)18(25)21(5)13-7-9-14(10-8-13)26-12-17(23)24/h7-11H,6,12H2,1-5H3,(H,23,24). The molecule has 0 aliphatic heterocycles. The zero-order valence-corrected chi connectivity index (χ0v) is 15.8. The Kier molecular flexibility index (Phi) is 5.69. The van der Waals surface area contributed by atoms with Crippen LogP contribution in [0.25, 0.3) is 0 Å². The van der Waals surface area contributed by atoms with E-state index in [-0.39, 0.29) is 11.4 Å². The van der Waals surface area contributed by atoms with Crippen molar-refractivity contribution in [1.82, 2.24) is 9.78 Å². The van der Waals surface area contributed by atoms with Gasteiger partial charge in [0.15, 0.2) is 6.61 Å². The number of carboxylic acid groups (broad SMARTS) is 1. The van der Waals surface area contributed by atoms with Gasteiger partial charge in [0.1, 0.15) is 5.75 Å². The normalized spacial score (nSPS) is 11.3. The van der Waals surface area contributed by atoms with E-state index in [0.29, 0.717) is 23.4 Å². The first-order chi connectivity index (χ1) is 12.1. The Hall–Kier alpha value is -2.83. The van der Waals surface area contributed by atoms with Crippen molar-refractivity contribution in [1.29, 1.82) is 0 Å². The fraction of sp³-hybridized carbons (Fsp3) is 0.421. The number of nitrogens with zero attached hydrogens (tertiary/aromatic N) is 3. The molecule has 7 heteroatoms. The van der Waals surface area contributed by atoms with E-state index in [9.17, 15) is 9.59 Å². The van der Waals surface area contributed by atoms with Gasteiger partial charge in [0.25, 0.3) is 5.91 Å². The second kappa shape index (κ2) is 7.59. The van der Waals surface area contributed by atoms with Crippen LogP contribution in [0.1, 0.15) is 43.7 Å². The van der Waals surface area contributed by atoms with Crippen LogP contribution in [-0.4, -0.2) is 40.4 Å². The van der Waals surface area contributed by atoms with Crippen molar-refractivity contribution >= 4 is 17.6 Å². The fourth-order valence-electron chi connectivity index (χ4n) is 2.68. The van der Waals surface area contributed by atoms with E-state index in [1.807, 2.05) is 32.4 Å². The molecule has 0 spiro atoms. The SMILES string of the molecule is CCc1c(C(=O)N(C)c2ccc(OCC(=O)O)cc2)cnn1C(C)(C)C. The first-order valence-corrected chi connectivity index (χ1v) is 8.45. The number of aromatic nitrogens is 2. The summed E-state index contributed by atoms with van der Waals surface area (Å²) >= 11 is 0. The third-order valence-corrected chi connectivity index (χ3v) is 3.96. The highest BCUT2D eigenvalue weighted by molar-refractivity contribution is 6.06. The molecule has 2 rings (SSSR count). The highest BCUT2D eigenvalue weighted by Crippen LogP contribution is 2.24. The van der Waals surface area contributed by atoms with E-state index in [0.717, 1.165) is 5.69 Å². The lowest BCUT2D eigenvalue weighted by Gasteiger charge is -2.23. The van der Waals surface area contributed by atoms with Crippen LogP contribution in [0.3, 0.4) is 0 Å². The second-order valence-corrected chi connectivity index (χ2v) is 6.98. The molecule has 1 amide bonds. The number of anilines is 1. The summed E-state index contributed by atoms with van der Waals surface area (Å²) in [6.45, 7) is 7.75. The second-order valence-electron chi connectivity index (χ2n) is 6.98. The number of carboxylic acids is 1. The first-order valence-electron chi connectivity index (χ1n) is 8.45.